The SMILES string of the molecule is O=C(O)NNC(=S)Cc1ccc2ccccc2c1. The Labute approximate surface area is 110 Å². The Kier molecular flexibility index (Phi) is 3.74. The summed E-state index contributed by atoms with van der Waals surface area (Å²) in [5.41, 5.74) is 5.53. The molecule has 0 aliphatic rings. The van der Waals surface area contributed by atoms with Gasteiger partial charge in [-0.2, -0.15) is 0 Å². The molecule has 0 saturated heterocycles. The summed E-state index contributed by atoms with van der Waals surface area (Å²) in [6.07, 6.45) is -0.656. The molecule has 2 rings (SSSR count). The first-order valence-corrected chi connectivity index (χ1v) is 5.81. The minimum atomic E-state index is -1.16. The van der Waals surface area contributed by atoms with E-state index in [2.05, 4.69) is 5.43 Å². The van der Waals surface area contributed by atoms with Gasteiger partial charge in [-0.15, -0.1) is 0 Å². The van der Waals surface area contributed by atoms with Gasteiger partial charge in [0.25, 0.3) is 0 Å². The molecule has 0 aliphatic heterocycles. The molecule has 0 bridgehead atoms. The molecule has 0 radical (unpaired) electrons. The van der Waals surface area contributed by atoms with Crippen molar-refractivity contribution < 1.29 is 9.90 Å². The number of hydrogen-bond donors (Lipinski definition) is 3. The highest BCUT2D eigenvalue weighted by atomic mass is 32.1. The van der Waals surface area contributed by atoms with E-state index in [9.17, 15) is 4.79 Å². The molecule has 92 valence electrons. The third-order valence-corrected chi connectivity index (χ3v) is 2.73. The summed E-state index contributed by atoms with van der Waals surface area (Å²) in [4.78, 5) is 10.7. The predicted octanol–water partition coefficient (Wildman–Crippen LogP) is 2.48. The Morgan fingerprint density at radius 3 is 2.56 bits per heavy atom. The maximum absolute atomic E-state index is 10.3. The average molecular weight is 260 g/mol. The van der Waals surface area contributed by atoms with E-state index in [0.717, 1.165) is 10.9 Å². The van der Waals surface area contributed by atoms with Gasteiger partial charge in [-0.3, -0.25) is 5.43 Å². The molecule has 5 heteroatoms. The normalized spacial score (nSPS) is 10.0. The van der Waals surface area contributed by atoms with Crippen LogP contribution in [0.5, 0.6) is 0 Å². The van der Waals surface area contributed by atoms with Crippen LogP contribution in [-0.4, -0.2) is 16.2 Å². The first kappa shape index (κ1) is 12.3. The largest absolute Gasteiger partial charge is 0.464 e. The smallest absolute Gasteiger partial charge is 0.423 e. The number of amides is 1. The van der Waals surface area contributed by atoms with Gasteiger partial charge in [0.15, 0.2) is 0 Å². The van der Waals surface area contributed by atoms with Crippen molar-refractivity contribution in [2.45, 2.75) is 6.42 Å². The summed E-state index contributed by atoms with van der Waals surface area (Å²) < 4.78 is 0. The summed E-state index contributed by atoms with van der Waals surface area (Å²) in [5, 5.41) is 10.7. The number of hydrazine groups is 1. The van der Waals surface area contributed by atoms with Gasteiger partial charge in [0, 0.05) is 6.42 Å². The first-order chi connectivity index (χ1) is 8.65. The Morgan fingerprint density at radius 1 is 1.11 bits per heavy atom. The fraction of sp³-hybridized carbons (Fsp3) is 0.0769. The van der Waals surface area contributed by atoms with Crippen LogP contribution >= 0.6 is 12.2 Å². The van der Waals surface area contributed by atoms with Gasteiger partial charge in [0.2, 0.25) is 0 Å². The summed E-state index contributed by atoms with van der Waals surface area (Å²) in [6.45, 7) is 0. The van der Waals surface area contributed by atoms with Crippen molar-refractivity contribution in [2.24, 2.45) is 0 Å². The zero-order chi connectivity index (χ0) is 13.0. The van der Waals surface area contributed by atoms with Gasteiger partial charge in [0.1, 0.15) is 0 Å². The lowest BCUT2D eigenvalue weighted by atomic mass is 10.1. The van der Waals surface area contributed by atoms with Crippen molar-refractivity contribution in [3.8, 4) is 0 Å². The lowest BCUT2D eigenvalue weighted by Gasteiger charge is -2.07. The molecule has 0 spiro atoms. The molecule has 0 fully saturated rings. The van der Waals surface area contributed by atoms with Crippen molar-refractivity contribution in [3.63, 3.8) is 0 Å². The van der Waals surface area contributed by atoms with Crippen molar-refractivity contribution in [3.05, 3.63) is 48.0 Å². The van der Waals surface area contributed by atoms with E-state index in [1.165, 1.54) is 5.39 Å². The molecule has 1 amide bonds. The lowest BCUT2D eigenvalue weighted by molar-refractivity contribution is 0.192. The summed E-state index contributed by atoms with van der Waals surface area (Å²) >= 11 is 5.04. The second-order valence-corrected chi connectivity index (χ2v) is 4.33. The van der Waals surface area contributed by atoms with Crippen LogP contribution < -0.4 is 10.9 Å². The maximum atomic E-state index is 10.3. The van der Waals surface area contributed by atoms with Crippen LogP contribution in [0.3, 0.4) is 0 Å². The second-order valence-electron chi connectivity index (χ2n) is 3.84. The fourth-order valence-electron chi connectivity index (χ4n) is 1.70. The molecule has 0 aromatic heterocycles. The number of nitrogens with one attached hydrogen (secondary N) is 2. The zero-order valence-electron chi connectivity index (χ0n) is 9.51. The fourth-order valence-corrected chi connectivity index (χ4v) is 1.92. The quantitative estimate of drug-likeness (QED) is 0.573. The Hall–Kier alpha value is -2.14. The minimum absolute atomic E-state index is 0.438. The highest BCUT2D eigenvalue weighted by Gasteiger charge is 2.01. The molecule has 0 heterocycles. The molecule has 2 aromatic rings. The molecule has 4 nitrogen and oxygen atoms in total. The molecule has 0 saturated carbocycles. The molecule has 0 unspecified atom stereocenters. The van der Waals surface area contributed by atoms with Gasteiger partial charge < -0.3 is 5.11 Å². The summed E-state index contributed by atoms with van der Waals surface area (Å²) in [5.74, 6) is 0. The molecular weight excluding hydrogens is 248 g/mol. The van der Waals surface area contributed by atoms with Gasteiger partial charge >= 0.3 is 6.09 Å². The number of fused-ring (bicyclic) bond motifs is 1. The summed E-state index contributed by atoms with van der Waals surface area (Å²) in [7, 11) is 0. The van der Waals surface area contributed by atoms with Crippen LogP contribution in [0.4, 0.5) is 4.79 Å². The van der Waals surface area contributed by atoms with Crippen molar-refractivity contribution in [2.75, 3.05) is 0 Å². The summed E-state index contributed by atoms with van der Waals surface area (Å²) in [6, 6.07) is 14.1. The highest BCUT2D eigenvalue weighted by molar-refractivity contribution is 7.80. The number of hydrogen-bond acceptors (Lipinski definition) is 2. The standard InChI is InChI=1S/C13H12N2O2S/c16-13(17)15-14-12(18)8-9-5-6-10-3-1-2-4-11(10)7-9/h1-7,15H,8H2,(H,14,18)(H,16,17). The molecular formula is C13H12N2O2S. The van der Waals surface area contributed by atoms with Gasteiger partial charge in [0.05, 0.1) is 4.99 Å². The van der Waals surface area contributed by atoms with Gasteiger partial charge in [-0.25, -0.2) is 10.2 Å². The molecule has 0 aliphatic carbocycles. The van der Waals surface area contributed by atoms with Crippen LogP contribution in [0.15, 0.2) is 42.5 Å². The Morgan fingerprint density at radius 2 is 1.83 bits per heavy atom. The number of thiocarbonyl (C=S) groups is 1. The number of benzene rings is 2. The number of rotatable bonds is 2. The monoisotopic (exact) mass is 260 g/mol. The predicted molar refractivity (Wildman–Crippen MR) is 74.5 cm³/mol. The Bertz CT molecular complexity index is 598. The number of carboxylic acid groups (broad SMARTS) is 1. The van der Waals surface area contributed by atoms with Crippen LogP contribution in [0, 0.1) is 0 Å². The third-order valence-electron chi connectivity index (χ3n) is 2.49. The average Bonchev–Trinajstić information content (AvgIpc) is 2.36. The van der Waals surface area contributed by atoms with Gasteiger partial charge in [-0.05, 0) is 16.3 Å². The third kappa shape index (κ3) is 3.18. The minimum Gasteiger partial charge on any atom is -0.464 e. The van der Waals surface area contributed by atoms with E-state index in [-0.39, 0.29) is 0 Å². The number of carbonyl (C=O) groups is 1. The molecule has 18 heavy (non-hydrogen) atoms. The van der Waals surface area contributed by atoms with E-state index < -0.39 is 6.09 Å². The molecule has 0 atom stereocenters. The zero-order valence-corrected chi connectivity index (χ0v) is 10.3. The highest BCUT2D eigenvalue weighted by Crippen LogP contribution is 2.15. The second kappa shape index (κ2) is 5.46. The first-order valence-electron chi connectivity index (χ1n) is 5.40. The van der Waals surface area contributed by atoms with E-state index >= 15 is 0 Å². The van der Waals surface area contributed by atoms with E-state index in [1.54, 1.807) is 0 Å². The van der Waals surface area contributed by atoms with Crippen LogP contribution in [0.1, 0.15) is 5.56 Å². The molecule has 3 N–H and O–H groups in total. The maximum Gasteiger partial charge on any atom is 0.423 e. The van der Waals surface area contributed by atoms with Crippen molar-refractivity contribution in [1.82, 2.24) is 10.9 Å². The van der Waals surface area contributed by atoms with E-state index in [1.807, 2.05) is 47.9 Å². The van der Waals surface area contributed by atoms with Crippen LogP contribution in [-0.2, 0) is 6.42 Å². The topological polar surface area (TPSA) is 61.4 Å². The van der Waals surface area contributed by atoms with Gasteiger partial charge in [-0.1, -0.05) is 54.7 Å². The van der Waals surface area contributed by atoms with E-state index in [0.29, 0.717) is 11.4 Å². The van der Waals surface area contributed by atoms with E-state index in [4.69, 9.17) is 17.3 Å². The molecule has 2 aromatic carbocycles. The Balaban J connectivity index is 2.07. The van der Waals surface area contributed by atoms with Crippen molar-refractivity contribution in [1.29, 1.82) is 0 Å². The van der Waals surface area contributed by atoms with Crippen LogP contribution in [0.25, 0.3) is 10.8 Å². The van der Waals surface area contributed by atoms with Crippen LogP contribution in [0.2, 0.25) is 0 Å². The lowest BCUT2D eigenvalue weighted by Crippen LogP contribution is -2.40. The van der Waals surface area contributed by atoms with Crippen molar-refractivity contribution >= 4 is 34.1 Å².